The van der Waals surface area contributed by atoms with Gasteiger partial charge in [-0.25, -0.2) is 0 Å². The summed E-state index contributed by atoms with van der Waals surface area (Å²) in [4.78, 5) is 24.3. The van der Waals surface area contributed by atoms with E-state index in [2.05, 4.69) is 0 Å². The molecule has 0 spiro atoms. The first-order valence-corrected chi connectivity index (χ1v) is 4.58. The van der Waals surface area contributed by atoms with Crippen LogP contribution in [0.4, 0.5) is 0 Å². The summed E-state index contributed by atoms with van der Waals surface area (Å²) in [7, 11) is 1.72. The van der Waals surface area contributed by atoms with Crippen LogP contribution >= 0.6 is 0 Å². The van der Waals surface area contributed by atoms with E-state index in [-0.39, 0.29) is 11.9 Å². The summed E-state index contributed by atoms with van der Waals surface area (Å²) in [6.45, 7) is 2.83. The zero-order chi connectivity index (χ0) is 9.84. The average molecular weight is 183 g/mol. The predicted octanol–water partition coefficient (Wildman–Crippen LogP) is -0.664. The van der Waals surface area contributed by atoms with Crippen molar-refractivity contribution in [3.63, 3.8) is 0 Å². The lowest BCUT2D eigenvalue weighted by atomic mass is 9.95. The van der Waals surface area contributed by atoms with Crippen molar-refractivity contribution in [2.45, 2.75) is 19.8 Å². The van der Waals surface area contributed by atoms with Gasteiger partial charge in [0.05, 0.1) is 6.61 Å². The van der Waals surface area contributed by atoms with Crippen LogP contribution in [0.1, 0.15) is 19.8 Å². The minimum atomic E-state index is -0.557. The van der Waals surface area contributed by atoms with Crippen molar-refractivity contribution in [1.82, 2.24) is 4.81 Å². The highest BCUT2D eigenvalue weighted by molar-refractivity contribution is 6.17. The smallest absolute Gasteiger partial charge is 0.318 e. The molecule has 4 nitrogen and oxygen atoms in total. The molecule has 0 N–H and O–H groups in total. The number of carbonyl (C=O) groups is 2. The normalized spacial score (nSPS) is 23.0. The number of esters is 1. The Balaban J connectivity index is 2.57. The molecule has 0 aromatic rings. The number of hydrogen-bond acceptors (Lipinski definition) is 3. The van der Waals surface area contributed by atoms with E-state index in [0.717, 1.165) is 13.0 Å². The number of amides is 1. The van der Waals surface area contributed by atoms with Gasteiger partial charge in [-0.2, -0.15) is 0 Å². The lowest BCUT2D eigenvalue weighted by molar-refractivity contribution is -0.155. The number of rotatable bonds is 2. The van der Waals surface area contributed by atoms with Crippen LogP contribution < -0.4 is 0 Å². The van der Waals surface area contributed by atoms with E-state index in [1.54, 1.807) is 19.7 Å². The van der Waals surface area contributed by atoms with Crippen molar-refractivity contribution in [3.05, 3.63) is 0 Å². The number of carbonyl (C=O) groups excluding carboxylic acids is 2. The quantitative estimate of drug-likeness (QED) is 0.324. The van der Waals surface area contributed by atoms with Gasteiger partial charge in [-0.15, -0.1) is 0 Å². The van der Waals surface area contributed by atoms with Gasteiger partial charge in [0.2, 0.25) is 13.9 Å². The molecular weight excluding hydrogens is 169 g/mol. The van der Waals surface area contributed by atoms with Gasteiger partial charge in [-0.05, 0) is 19.8 Å². The Morgan fingerprint density at radius 2 is 2.46 bits per heavy atom. The summed E-state index contributed by atoms with van der Waals surface area (Å²) in [5.41, 5.74) is 0. The molecule has 1 heterocycles. The minimum Gasteiger partial charge on any atom is -0.465 e. The summed E-state index contributed by atoms with van der Waals surface area (Å²) in [6, 6.07) is 0. The fourth-order valence-corrected chi connectivity index (χ4v) is 1.49. The molecule has 1 atom stereocenters. The lowest BCUT2D eigenvalue weighted by Crippen LogP contribution is -2.43. The summed E-state index contributed by atoms with van der Waals surface area (Å²) in [6.07, 6.45) is 1.51. The molecule has 0 bridgehead atoms. The van der Waals surface area contributed by atoms with Crippen LogP contribution in [-0.4, -0.2) is 37.8 Å². The van der Waals surface area contributed by atoms with Gasteiger partial charge in [-0.1, -0.05) is 0 Å². The van der Waals surface area contributed by atoms with Crippen LogP contribution in [0.3, 0.4) is 0 Å². The number of ether oxygens (including phenoxy) is 1. The fraction of sp³-hybridized carbons (Fsp3) is 0.750. The molecule has 0 radical (unpaired) electrons. The second-order valence-corrected chi connectivity index (χ2v) is 3.21. The zero-order valence-corrected chi connectivity index (χ0v) is 8.08. The van der Waals surface area contributed by atoms with Crippen molar-refractivity contribution < 1.29 is 14.3 Å². The first kappa shape index (κ1) is 10.1. The van der Waals surface area contributed by atoms with Crippen molar-refractivity contribution in [2.75, 3.05) is 13.2 Å². The van der Waals surface area contributed by atoms with Crippen molar-refractivity contribution in [3.8, 4) is 0 Å². The van der Waals surface area contributed by atoms with Crippen molar-refractivity contribution in [2.24, 2.45) is 5.92 Å². The maximum Gasteiger partial charge on any atom is 0.318 e. The van der Waals surface area contributed by atoms with E-state index in [1.165, 1.54) is 0 Å². The Bertz CT molecular complexity index is 219. The Kier molecular flexibility index (Phi) is 3.34. The standard InChI is InChI=1S/C8H14BNO3/c1-2-13-8(12)6-4-3-5-10(9)7(6)11/h6H,2-5,9H2,1H3. The molecule has 1 unspecified atom stereocenters. The van der Waals surface area contributed by atoms with Gasteiger partial charge < -0.3 is 9.55 Å². The Morgan fingerprint density at radius 1 is 1.77 bits per heavy atom. The number of nitrogens with zero attached hydrogens (tertiary/aromatic N) is 1. The molecule has 1 aliphatic heterocycles. The molecule has 1 saturated heterocycles. The van der Waals surface area contributed by atoms with E-state index in [4.69, 9.17) is 4.74 Å². The topological polar surface area (TPSA) is 46.6 Å². The summed E-state index contributed by atoms with van der Waals surface area (Å²) < 4.78 is 4.81. The summed E-state index contributed by atoms with van der Waals surface area (Å²) in [5, 5.41) is 0. The monoisotopic (exact) mass is 183 g/mol. The molecule has 0 aromatic carbocycles. The highest BCUT2D eigenvalue weighted by Crippen LogP contribution is 2.17. The van der Waals surface area contributed by atoms with Gasteiger partial charge in [-0.3, -0.25) is 9.59 Å². The lowest BCUT2D eigenvalue weighted by Gasteiger charge is -2.28. The Hall–Kier alpha value is -0.995. The molecule has 0 aromatic heterocycles. The van der Waals surface area contributed by atoms with Gasteiger partial charge in [0.25, 0.3) is 0 Å². The number of hydrogen-bond donors (Lipinski definition) is 0. The summed E-state index contributed by atoms with van der Waals surface area (Å²) in [5.74, 6) is -1.04. The van der Waals surface area contributed by atoms with E-state index in [1.807, 2.05) is 0 Å². The molecule has 0 aliphatic carbocycles. The van der Waals surface area contributed by atoms with Crippen LogP contribution in [0.15, 0.2) is 0 Å². The highest BCUT2D eigenvalue weighted by atomic mass is 16.5. The van der Waals surface area contributed by atoms with E-state index < -0.39 is 5.92 Å². The first-order valence-electron chi connectivity index (χ1n) is 4.58. The number of piperidine rings is 1. The molecule has 1 rings (SSSR count). The first-order chi connectivity index (χ1) is 6.16. The van der Waals surface area contributed by atoms with Crippen LogP contribution in [0, 0.1) is 5.92 Å². The fourth-order valence-electron chi connectivity index (χ4n) is 1.49. The third-order valence-corrected chi connectivity index (χ3v) is 2.23. The molecular formula is C8H14BNO3. The molecule has 72 valence electrons. The molecule has 0 saturated carbocycles. The molecule has 13 heavy (non-hydrogen) atoms. The van der Waals surface area contributed by atoms with E-state index >= 15 is 0 Å². The Labute approximate surface area is 78.7 Å². The third-order valence-electron chi connectivity index (χ3n) is 2.23. The van der Waals surface area contributed by atoms with E-state index in [0.29, 0.717) is 13.0 Å². The van der Waals surface area contributed by atoms with Crippen LogP contribution in [0.2, 0.25) is 0 Å². The van der Waals surface area contributed by atoms with Gasteiger partial charge in [0.1, 0.15) is 5.92 Å². The van der Waals surface area contributed by atoms with E-state index in [9.17, 15) is 9.59 Å². The Morgan fingerprint density at radius 3 is 3.08 bits per heavy atom. The highest BCUT2D eigenvalue weighted by Gasteiger charge is 2.32. The minimum absolute atomic E-state index is 0.107. The second-order valence-electron chi connectivity index (χ2n) is 3.21. The SMILES string of the molecule is BN1CCCC(C(=O)OCC)C1=O. The molecule has 1 amide bonds. The maximum atomic E-state index is 11.5. The largest absolute Gasteiger partial charge is 0.465 e. The molecule has 1 aliphatic rings. The molecule has 1 fully saturated rings. The third kappa shape index (κ3) is 2.23. The van der Waals surface area contributed by atoms with Crippen LogP contribution in [0.25, 0.3) is 0 Å². The van der Waals surface area contributed by atoms with Crippen LogP contribution in [0.5, 0.6) is 0 Å². The zero-order valence-electron chi connectivity index (χ0n) is 8.08. The van der Waals surface area contributed by atoms with Crippen molar-refractivity contribution in [1.29, 1.82) is 0 Å². The maximum absolute atomic E-state index is 11.5. The second kappa shape index (κ2) is 4.30. The predicted molar refractivity (Wildman–Crippen MR) is 49.6 cm³/mol. The van der Waals surface area contributed by atoms with Crippen molar-refractivity contribution >= 4 is 19.9 Å². The molecule has 5 heteroatoms. The van der Waals surface area contributed by atoms with Gasteiger partial charge >= 0.3 is 5.97 Å². The van der Waals surface area contributed by atoms with Crippen LogP contribution in [-0.2, 0) is 14.3 Å². The van der Waals surface area contributed by atoms with Gasteiger partial charge in [0.15, 0.2) is 0 Å². The summed E-state index contributed by atoms with van der Waals surface area (Å²) >= 11 is 0. The van der Waals surface area contributed by atoms with Gasteiger partial charge in [0, 0.05) is 6.54 Å². The average Bonchev–Trinajstić information content (AvgIpc) is 2.10.